The molecular formula is C20H22N4. The number of rotatable bonds is 5. The van der Waals surface area contributed by atoms with Gasteiger partial charge in [0.1, 0.15) is 5.82 Å². The Balaban J connectivity index is 1.54. The molecule has 4 heteroatoms. The van der Waals surface area contributed by atoms with Gasteiger partial charge in [0.2, 0.25) is 0 Å². The van der Waals surface area contributed by atoms with Crippen LogP contribution in [0.3, 0.4) is 0 Å². The van der Waals surface area contributed by atoms with Gasteiger partial charge in [-0.3, -0.25) is 0 Å². The van der Waals surface area contributed by atoms with Crippen molar-refractivity contribution in [2.24, 2.45) is 7.05 Å². The molecule has 2 aromatic carbocycles. The maximum Gasteiger partial charge on any atom is 0.163 e. The van der Waals surface area contributed by atoms with Crippen LogP contribution in [0.1, 0.15) is 35.7 Å². The first-order valence-electron chi connectivity index (χ1n) is 8.50. The molecule has 1 fully saturated rings. The van der Waals surface area contributed by atoms with E-state index >= 15 is 0 Å². The van der Waals surface area contributed by atoms with Crippen molar-refractivity contribution in [2.75, 3.05) is 5.32 Å². The molecule has 0 spiro atoms. The van der Waals surface area contributed by atoms with Gasteiger partial charge in [-0.2, -0.15) is 0 Å². The summed E-state index contributed by atoms with van der Waals surface area (Å²) in [6.07, 6.45) is 2.66. The molecule has 1 aliphatic carbocycles. The molecule has 1 aliphatic rings. The average molecular weight is 318 g/mol. The normalized spacial score (nSPS) is 13.9. The predicted molar refractivity (Wildman–Crippen MR) is 96.9 cm³/mol. The monoisotopic (exact) mass is 318 g/mol. The summed E-state index contributed by atoms with van der Waals surface area (Å²) in [6, 6.07) is 17.2. The number of nitrogens with one attached hydrogen (secondary N) is 1. The number of benzene rings is 2. The molecule has 1 heterocycles. The smallest absolute Gasteiger partial charge is 0.163 e. The van der Waals surface area contributed by atoms with E-state index in [1.54, 1.807) is 0 Å². The topological polar surface area (TPSA) is 42.7 Å². The van der Waals surface area contributed by atoms with Crippen LogP contribution >= 0.6 is 0 Å². The van der Waals surface area contributed by atoms with Crippen LogP contribution in [0.2, 0.25) is 0 Å². The maximum absolute atomic E-state index is 4.28. The SMILES string of the molecule is Cc1nnc(-c2cccc(NCc3ccccc3C3CC3)c2)n1C. The molecule has 1 saturated carbocycles. The molecule has 0 radical (unpaired) electrons. The Morgan fingerprint density at radius 3 is 2.67 bits per heavy atom. The summed E-state index contributed by atoms with van der Waals surface area (Å²) in [5.41, 5.74) is 5.10. The standard InChI is InChI=1S/C20H22N4/c1-14-22-23-20(24(14)2)16-7-5-8-18(12-16)21-13-17-6-3-4-9-19(17)15-10-11-15/h3-9,12,15,21H,10-11,13H2,1-2H3. The molecule has 0 aliphatic heterocycles. The van der Waals surface area contributed by atoms with E-state index in [4.69, 9.17) is 0 Å². The Hall–Kier alpha value is -2.62. The van der Waals surface area contributed by atoms with Crippen molar-refractivity contribution in [1.29, 1.82) is 0 Å². The van der Waals surface area contributed by atoms with Gasteiger partial charge in [0, 0.05) is 24.8 Å². The summed E-state index contributed by atoms with van der Waals surface area (Å²) in [6.45, 7) is 2.82. The van der Waals surface area contributed by atoms with Crippen molar-refractivity contribution in [3.8, 4) is 11.4 Å². The van der Waals surface area contributed by atoms with Crippen LogP contribution in [0.4, 0.5) is 5.69 Å². The van der Waals surface area contributed by atoms with Crippen LogP contribution < -0.4 is 5.32 Å². The molecule has 24 heavy (non-hydrogen) atoms. The number of hydrogen-bond donors (Lipinski definition) is 1. The van der Waals surface area contributed by atoms with Crippen molar-refractivity contribution in [3.05, 3.63) is 65.5 Å². The van der Waals surface area contributed by atoms with E-state index in [1.165, 1.54) is 24.0 Å². The molecule has 0 amide bonds. The number of hydrogen-bond acceptors (Lipinski definition) is 3. The van der Waals surface area contributed by atoms with Gasteiger partial charge >= 0.3 is 0 Å². The van der Waals surface area contributed by atoms with Crippen molar-refractivity contribution in [2.45, 2.75) is 32.2 Å². The molecule has 122 valence electrons. The van der Waals surface area contributed by atoms with Gasteiger partial charge in [-0.05, 0) is 48.9 Å². The maximum atomic E-state index is 4.28. The van der Waals surface area contributed by atoms with Crippen LogP contribution in [0, 0.1) is 6.92 Å². The van der Waals surface area contributed by atoms with Gasteiger partial charge < -0.3 is 9.88 Å². The first-order valence-corrected chi connectivity index (χ1v) is 8.50. The molecule has 0 saturated heterocycles. The third kappa shape index (κ3) is 2.92. The third-order valence-electron chi connectivity index (χ3n) is 4.77. The summed E-state index contributed by atoms with van der Waals surface area (Å²) in [5, 5.41) is 12.0. The summed E-state index contributed by atoms with van der Waals surface area (Å²) < 4.78 is 2.02. The van der Waals surface area contributed by atoms with E-state index in [-0.39, 0.29) is 0 Å². The average Bonchev–Trinajstić information content (AvgIpc) is 3.40. The highest BCUT2D eigenvalue weighted by Gasteiger charge is 2.25. The van der Waals surface area contributed by atoms with Crippen molar-refractivity contribution < 1.29 is 0 Å². The second-order valence-corrected chi connectivity index (χ2v) is 6.54. The van der Waals surface area contributed by atoms with Gasteiger partial charge in [-0.15, -0.1) is 10.2 Å². The quantitative estimate of drug-likeness (QED) is 0.763. The van der Waals surface area contributed by atoms with Gasteiger partial charge in [0.05, 0.1) is 0 Å². The van der Waals surface area contributed by atoms with Gasteiger partial charge in [-0.1, -0.05) is 36.4 Å². The fourth-order valence-corrected chi connectivity index (χ4v) is 3.11. The second-order valence-electron chi connectivity index (χ2n) is 6.54. The summed E-state index contributed by atoms with van der Waals surface area (Å²) in [4.78, 5) is 0. The van der Waals surface area contributed by atoms with Gasteiger partial charge in [0.25, 0.3) is 0 Å². The zero-order chi connectivity index (χ0) is 16.5. The zero-order valence-electron chi connectivity index (χ0n) is 14.2. The molecule has 3 aromatic rings. The predicted octanol–water partition coefficient (Wildman–Crippen LogP) is 4.28. The Kier molecular flexibility index (Phi) is 3.81. The van der Waals surface area contributed by atoms with E-state index in [9.17, 15) is 0 Å². The molecule has 4 nitrogen and oxygen atoms in total. The molecule has 1 N–H and O–H groups in total. The Bertz CT molecular complexity index is 862. The van der Waals surface area contributed by atoms with E-state index < -0.39 is 0 Å². The highest BCUT2D eigenvalue weighted by atomic mass is 15.3. The summed E-state index contributed by atoms with van der Waals surface area (Å²) in [7, 11) is 2.00. The van der Waals surface area contributed by atoms with Gasteiger partial charge in [-0.25, -0.2) is 0 Å². The van der Waals surface area contributed by atoms with Crippen LogP contribution in [0.25, 0.3) is 11.4 Å². The number of anilines is 1. The minimum absolute atomic E-state index is 0.774. The number of nitrogens with zero attached hydrogens (tertiary/aromatic N) is 3. The first kappa shape index (κ1) is 14.9. The van der Waals surface area contributed by atoms with Crippen LogP contribution in [-0.4, -0.2) is 14.8 Å². The molecule has 1 aromatic heterocycles. The van der Waals surface area contributed by atoms with Gasteiger partial charge in [0.15, 0.2) is 5.82 Å². The second kappa shape index (κ2) is 6.11. The lowest BCUT2D eigenvalue weighted by atomic mass is 10.0. The summed E-state index contributed by atoms with van der Waals surface area (Å²) >= 11 is 0. The summed E-state index contributed by atoms with van der Waals surface area (Å²) in [5.74, 6) is 2.59. The third-order valence-corrected chi connectivity index (χ3v) is 4.77. The lowest BCUT2D eigenvalue weighted by Gasteiger charge is -2.12. The largest absolute Gasteiger partial charge is 0.381 e. The molecular weight excluding hydrogens is 296 g/mol. The van der Waals surface area contributed by atoms with Crippen molar-refractivity contribution in [1.82, 2.24) is 14.8 Å². The number of aromatic nitrogens is 3. The van der Waals surface area contributed by atoms with Crippen LogP contribution in [0.5, 0.6) is 0 Å². The molecule has 0 unspecified atom stereocenters. The van der Waals surface area contributed by atoms with Crippen molar-refractivity contribution >= 4 is 5.69 Å². The Labute approximate surface area is 142 Å². The minimum atomic E-state index is 0.774. The fraction of sp³-hybridized carbons (Fsp3) is 0.300. The molecule has 4 rings (SSSR count). The lowest BCUT2D eigenvalue weighted by Crippen LogP contribution is -2.03. The van der Waals surface area contributed by atoms with Crippen molar-refractivity contribution in [3.63, 3.8) is 0 Å². The van der Waals surface area contributed by atoms with E-state index in [0.29, 0.717) is 0 Å². The zero-order valence-corrected chi connectivity index (χ0v) is 14.2. The van der Waals surface area contributed by atoms with E-state index in [1.807, 2.05) is 18.5 Å². The lowest BCUT2D eigenvalue weighted by molar-refractivity contribution is 0.865. The Morgan fingerprint density at radius 1 is 1.08 bits per heavy atom. The molecule has 0 atom stereocenters. The minimum Gasteiger partial charge on any atom is -0.381 e. The van der Waals surface area contributed by atoms with Crippen LogP contribution in [0.15, 0.2) is 48.5 Å². The van der Waals surface area contributed by atoms with E-state index in [0.717, 1.165) is 35.4 Å². The fourth-order valence-electron chi connectivity index (χ4n) is 3.11. The van der Waals surface area contributed by atoms with E-state index in [2.05, 4.69) is 64.0 Å². The highest BCUT2D eigenvalue weighted by molar-refractivity contribution is 5.62. The highest BCUT2D eigenvalue weighted by Crippen LogP contribution is 2.41. The Morgan fingerprint density at radius 2 is 1.92 bits per heavy atom. The number of aryl methyl sites for hydroxylation is 1. The van der Waals surface area contributed by atoms with Crippen LogP contribution in [-0.2, 0) is 13.6 Å². The molecule has 0 bridgehead atoms. The first-order chi connectivity index (χ1) is 11.7.